The van der Waals surface area contributed by atoms with E-state index in [1.807, 2.05) is 32.0 Å². The van der Waals surface area contributed by atoms with Crippen molar-refractivity contribution in [3.8, 4) is 5.88 Å². The highest BCUT2D eigenvalue weighted by Crippen LogP contribution is 2.26. The molecule has 6 heteroatoms. The van der Waals surface area contributed by atoms with Crippen molar-refractivity contribution in [3.63, 3.8) is 0 Å². The maximum atomic E-state index is 12.6. The predicted molar refractivity (Wildman–Crippen MR) is 90.3 cm³/mol. The van der Waals surface area contributed by atoms with Crippen molar-refractivity contribution in [2.24, 2.45) is 0 Å². The van der Waals surface area contributed by atoms with Crippen molar-refractivity contribution in [1.82, 2.24) is 14.9 Å². The number of pyridine rings is 1. The third-order valence-corrected chi connectivity index (χ3v) is 4.46. The van der Waals surface area contributed by atoms with Crippen molar-refractivity contribution in [3.05, 3.63) is 46.9 Å². The van der Waals surface area contributed by atoms with Gasteiger partial charge in [0.05, 0.1) is 25.3 Å². The fourth-order valence-corrected chi connectivity index (χ4v) is 3.24. The van der Waals surface area contributed by atoms with Gasteiger partial charge in [0, 0.05) is 36.8 Å². The van der Waals surface area contributed by atoms with Crippen molar-refractivity contribution in [1.29, 1.82) is 0 Å². The monoisotopic (exact) mass is 329 g/mol. The van der Waals surface area contributed by atoms with Gasteiger partial charge in [-0.15, -0.1) is 0 Å². The summed E-state index contributed by atoms with van der Waals surface area (Å²) in [5, 5.41) is 2.97. The fraction of sp³-hybridized carbons (Fsp3) is 0.444. The van der Waals surface area contributed by atoms with Crippen LogP contribution >= 0.6 is 0 Å². The second kappa shape index (κ2) is 7.05. The lowest BCUT2D eigenvalue weighted by atomic mass is 10.2. The molecule has 6 nitrogen and oxygen atoms in total. The first kappa shape index (κ1) is 16.5. The number of nitrogens with one attached hydrogen (secondary N) is 1. The lowest BCUT2D eigenvalue weighted by molar-refractivity contribution is 0.0950. The molecule has 1 atom stereocenters. The number of hydrogen-bond acceptors (Lipinski definition) is 4. The van der Waals surface area contributed by atoms with E-state index in [-0.39, 0.29) is 5.91 Å². The molecule has 24 heavy (non-hydrogen) atoms. The summed E-state index contributed by atoms with van der Waals surface area (Å²) in [5.74, 6) is 0.477. The number of rotatable bonds is 5. The van der Waals surface area contributed by atoms with Crippen molar-refractivity contribution >= 4 is 5.91 Å². The summed E-state index contributed by atoms with van der Waals surface area (Å²) < 4.78 is 12.8. The minimum atomic E-state index is -0.0657. The molecule has 0 aliphatic carbocycles. The molecule has 1 saturated heterocycles. The quantitative estimate of drug-likeness (QED) is 0.915. The molecule has 0 radical (unpaired) electrons. The zero-order valence-corrected chi connectivity index (χ0v) is 14.3. The Labute approximate surface area is 141 Å². The highest BCUT2D eigenvalue weighted by molar-refractivity contribution is 5.95. The fourth-order valence-electron chi connectivity index (χ4n) is 3.24. The summed E-state index contributed by atoms with van der Waals surface area (Å²) in [5.41, 5.74) is 3.76. The standard InChI is InChI=1S/C18H23N3O3/c1-12-8-16(13(2)21(12)15-5-7-24-11-15)18(22)20-10-14-4-6-19-17(9-14)23-3/h4,6,8-9,15H,5,7,10-11H2,1-3H3,(H,20,22). The first-order chi connectivity index (χ1) is 11.6. The molecule has 1 fully saturated rings. The molecule has 0 spiro atoms. The van der Waals surface area contributed by atoms with E-state index in [2.05, 4.69) is 14.9 Å². The molecule has 0 bridgehead atoms. The first-order valence-electron chi connectivity index (χ1n) is 8.13. The Balaban J connectivity index is 1.72. The summed E-state index contributed by atoms with van der Waals surface area (Å²) in [6.07, 6.45) is 2.67. The summed E-state index contributed by atoms with van der Waals surface area (Å²) in [6, 6.07) is 5.97. The van der Waals surface area contributed by atoms with Crippen LogP contribution in [0.25, 0.3) is 0 Å². The van der Waals surface area contributed by atoms with E-state index in [1.165, 1.54) is 0 Å². The van der Waals surface area contributed by atoms with Crippen molar-refractivity contribution in [2.75, 3.05) is 20.3 Å². The minimum Gasteiger partial charge on any atom is -0.481 e. The van der Waals surface area contributed by atoms with E-state index in [0.29, 0.717) is 25.1 Å². The summed E-state index contributed by atoms with van der Waals surface area (Å²) in [4.78, 5) is 16.6. The molecule has 2 aromatic heterocycles. The van der Waals surface area contributed by atoms with Gasteiger partial charge in [0.2, 0.25) is 5.88 Å². The molecule has 1 unspecified atom stereocenters. The molecule has 2 aromatic rings. The van der Waals surface area contributed by atoms with E-state index in [1.54, 1.807) is 13.3 Å². The molecule has 3 heterocycles. The maximum absolute atomic E-state index is 12.6. The summed E-state index contributed by atoms with van der Waals surface area (Å²) in [7, 11) is 1.58. The van der Waals surface area contributed by atoms with Gasteiger partial charge in [0.15, 0.2) is 0 Å². The van der Waals surface area contributed by atoms with Gasteiger partial charge >= 0.3 is 0 Å². The lowest BCUT2D eigenvalue weighted by Crippen LogP contribution is -2.23. The largest absolute Gasteiger partial charge is 0.481 e. The van der Waals surface area contributed by atoms with Gasteiger partial charge in [0.1, 0.15) is 0 Å². The molecular weight excluding hydrogens is 306 g/mol. The lowest BCUT2D eigenvalue weighted by Gasteiger charge is -2.16. The van der Waals surface area contributed by atoms with Crippen LogP contribution in [-0.4, -0.2) is 35.8 Å². The normalized spacial score (nSPS) is 17.0. The average molecular weight is 329 g/mol. The highest BCUT2D eigenvalue weighted by atomic mass is 16.5. The van der Waals surface area contributed by atoms with Gasteiger partial charge in [0.25, 0.3) is 5.91 Å². The number of amides is 1. The zero-order valence-electron chi connectivity index (χ0n) is 14.3. The average Bonchev–Trinajstić information content (AvgIpc) is 3.20. The van der Waals surface area contributed by atoms with E-state index in [0.717, 1.165) is 35.5 Å². The maximum Gasteiger partial charge on any atom is 0.253 e. The molecule has 3 rings (SSSR count). The summed E-state index contributed by atoms with van der Waals surface area (Å²) >= 11 is 0. The Kier molecular flexibility index (Phi) is 4.85. The van der Waals surface area contributed by atoms with Crippen LogP contribution in [0.1, 0.15) is 39.8 Å². The van der Waals surface area contributed by atoms with E-state index in [9.17, 15) is 4.79 Å². The Morgan fingerprint density at radius 1 is 1.46 bits per heavy atom. The van der Waals surface area contributed by atoms with Gasteiger partial charge in [-0.05, 0) is 38.0 Å². The second-order valence-corrected chi connectivity index (χ2v) is 6.06. The minimum absolute atomic E-state index is 0.0657. The summed E-state index contributed by atoms with van der Waals surface area (Å²) in [6.45, 7) is 5.97. The topological polar surface area (TPSA) is 65.4 Å². The molecule has 0 aromatic carbocycles. The molecule has 1 aliphatic rings. The molecule has 1 aliphatic heterocycles. The van der Waals surface area contributed by atoms with Gasteiger partial charge < -0.3 is 19.4 Å². The van der Waals surface area contributed by atoms with Gasteiger partial charge in [-0.3, -0.25) is 4.79 Å². The van der Waals surface area contributed by atoms with Gasteiger partial charge in [-0.25, -0.2) is 4.98 Å². The molecule has 0 saturated carbocycles. The van der Waals surface area contributed by atoms with Gasteiger partial charge in [-0.1, -0.05) is 0 Å². The number of methoxy groups -OCH3 is 1. The number of aromatic nitrogens is 2. The van der Waals surface area contributed by atoms with Crippen LogP contribution in [0, 0.1) is 13.8 Å². The SMILES string of the molecule is COc1cc(CNC(=O)c2cc(C)n(C3CCOC3)c2C)ccn1. The van der Waals surface area contributed by atoms with E-state index < -0.39 is 0 Å². The van der Waals surface area contributed by atoms with E-state index in [4.69, 9.17) is 9.47 Å². The molecular formula is C18H23N3O3. The predicted octanol–water partition coefficient (Wildman–Crippen LogP) is 2.40. The Morgan fingerprint density at radius 3 is 3.00 bits per heavy atom. The number of ether oxygens (including phenoxy) is 2. The smallest absolute Gasteiger partial charge is 0.253 e. The zero-order chi connectivity index (χ0) is 17.1. The van der Waals surface area contributed by atoms with Crippen LogP contribution in [-0.2, 0) is 11.3 Å². The number of hydrogen-bond donors (Lipinski definition) is 1. The van der Waals surface area contributed by atoms with Crippen LogP contribution < -0.4 is 10.1 Å². The number of carbonyl (C=O) groups is 1. The molecule has 1 amide bonds. The Hall–Kier alpha value is -2.34. The van der Waals surface area contributed by atoms with Crippen LogP contribution in [0.5, 0.6) is 5.88 Å². The van der Waals surface area contributed by atoms with Crippen LogP contribution in [0.4, 0.5) is 0 Å². The number of aryl methyl sites for hydroxylation is 1. The Morgan fingerprint density at radius 2 is 2.29 bits per heavy atom. The van der Waals surface area contributed by atoms with Crippen LogP contribution in [0.3, 0.4) is 0 Å². The second-order valence-electron chi connectivity index (χ2n) is 6.06. The van der Waals surface area contributed by atoms with Crippen LogP contribution in [0.15, 0.2) is 24.4 Å². The third kappa shape index (κ3) is 3.28. The third-order valence-electron chi connectivity index (χ3n) is 4.46. The number of carbonyl (C=O) groups excluding carboxylic acids is 1. The highest BCUT2D eigenvalue weighted by Gasteiger charge is 2.23. The first-order valence-corrected chi connectivity index (χ1v) is 8.13. The van der Waals surface area contributed by atoms with Crippen molar-refractivity contribution in [2.45, 2.75) is 32.9 Å². The van der Waals surface area contributed by atoms with Crippen LogP contribution in [0.2, 0.25) is 0 Å². The van der Waals surface area contributed by atoms with Crippen molar-refractivity contribution < 1.29 is 14.3 Å². The Bertz CT molecular complexity index is 733. The molecule has 1 N–H and O–H groups in total. The molecule has 128 valence electrons. The number of nitrogens with zero attached hydrogens (tertiary/aromatic N) is 2. The van der Waals surface area contributed by atoms with Gasteiger partial charge in [-0.2, -0.15) is 0 Å². The van der Waals surface area contributed by atoms with E-state index >= 15 is 0 Å².